The van der Waals surface area contributed by atoms with E-state index in [1.54, 1.807) is 6.92 Å². The third-order valence-corrected chi connectivity index (χ3v) is 9.18. The van der Waals surface area contributed by atoms with Gasteiger partial charge in [0.05, 0.1) is 6.61 Å². The van der Waals surface area contributed by atoms with Crippen molar-refractivity contribution in [1.82, 2.24) is 0 Å². The van der Waals surface area contributed by atoms with Gasteiger partial charge in [-0.05, 0) is 67.8 Å². The van der Waals surface area contributed by atoms with Gasteiger partial charge in [0.15, 0.2) is 5.78 Å². The lowest BCUT2D eigenvalue weighted by atomic mass is 9.45. The summed E-state index contributed by atoms with van der Waals surface area (Å²) in [4.78, 5) is 37.2. The molecular weight excluding hydrogens is 364 g/mol. The number of fused-ring (bicyclic) bond motifs is 5. The first-order valence-corrected chi connectivity index (χ1v) is 11.7. The zero-order valence-electron chi connectivity index (χ0n) is 18.3. The van der Waals surface area contributed by atoms with E-state index in [0.29, 0.717) is 30.1 Å². The van der Waals surface area contributed by atoms with Crippen molar-refractivity contribution < 1.29 is 19.1 Å². The molecule has 29 heavy (non-hydrogen) atoms. The summed E-state index contributed by atoms with van der Waals surface area (Å²) in [5, 5.41) is 0. The molecule has 4 rings (SSSR count). The lowest BCUT2D eigenvalue weighted by Gasteiger charge is -2.59. The summed E-state index contributed by atoms with van der Waals surface area (Å²) in [6.45, 7) is 6.66. The van der Waals surface area contributed by atoms with E-state index in [2.05, 4.69) is 13.8 Å². The Morgan fingerprint density at radius 3 is 2.69 bits per heavy atom. The molecule has 3 fully saturated rings. The molecule has 0 heterocycles. The van der Waals surface area contributed by atoms with Crippen LogP contribution in [0.25, 0.3) is 0 Å². The van der Waals surface area contributed by atoms with E-state index in [1.165, 1.54) is 44.1 Å². The number of hydrogen-bond donors (Lipinski definition) is 0. The van der Waals surface area contributed by atoms with Crippen LogP contribution in [0.3, 0.4) is 0 Å². The Labute approximate surface area is 174 Å². The quantitative estimate of drug-likeness (QED) is 0.606. The minimum absolute atomic E-state index is 0.0985. The highest BCUT2D eigenvalue weighted by molar-refractivity contribution is 5.97. The number of esters is 1. The average molecular weight is 401 g/mol. The van der Waals surface area contributed by atoms with Crippen molar-refractivity contribution in [2.75, 3.05) is 6.61 Å². The van der Waals surface area contributed by atoms with Crippen LogP contribution in [0.5, 0.6) is 0 Å². The second-order valence-corrected chi connectivity index (χ2v) is 10.5. The molecule has 0 amide bonds. The van der Waals surface area contributed by atoms with Crippen molar-refractivity contribution in [3.8, 4) is 0 Å². The van der Waals surface area contributed by atoms with Crippen LogP contribution < -0.4 is 0 Å². The van der Waals surface area contributed by atoms with E-state index >= 15 is 0 Å². The SMILES string of the molecule is CCC(=O)OCCC(=O)C1CC(=O)C=C2CC[C@H]3[C@@H]4CCC[C@@]4(C)CC[C@@H]3[C@]21C. The summed E-state index contributed by atoms with van der Waals surface area (Å²) in [5.41, 5.74) is 1.50. The van der Waals surface area contributed by atoms with Gasteiger partial charge in [0.2, 0.25) is 0 Å². The molecule has 6 atom stereocenters. The van der Waals surface area contributed by atoms with E-state index in [0.717, 1.165) is 12.3 Å². The molecule has 0 spiro atoms. The zero-order valence-corrected chi connectivity index (χ0v) is 18.3. The fourth-order valence-electron chi connectivity index (χ4n) is 7.62. The fourth-order valence-corrected chi connectivity index (χ4v) is 7.62. The number of ether oxygens (including phenoxy) is 1. The maximum atomic E-state index is 13.3. The van der Waals surface area contributed by atoms with Crippen molar-refractivity contribution in [3.05, 3.63) is 11.6 Å². The van der Waals surface area contributed by atoms with Gasteiger partial charge in [-0.15, -0.1) is 0 Å². The lowest BCUT2D eigenvalue weighted by Crippen LogP contribution is -2.54. The standard InChI is InChI=1S/C25H36O4/c1-4-23(28)29-13-10-22(27)21-15-17(26)14-16-7-8-18-19-6-5-11-24(19,2)12-9-20(18)25(16,21)3/h14,18-21H,4-13,15H2,1-3H3/t18-,19-,20-,21?,24-,25-/m0/s1. The summed E-state index contributed by atoms with van der Waals surface area (Å²) in [6.07, 6.45) is 11.3. The molecule has 1 unspecified atom stereocenters. The van der Waals surface area contributed by atoms with Gasteiger partial charge in [0, 0.05) is 30.6 Å². The minimum Gasteiger partial charge on any atom is -0.465 e. The molecule has 0 aromatic heterocycles. The van der Waals surface area contributed by atoms with Gasteiger partial charge < -0.3 is 4.74 Å². The largest absolute Gasteiger partial charge is 0.465 e. The van der Waals surface area contributed by atoms with Gasteiger partial charge in [-0.2, -0.15) is 0 Å². The lowest BCUT2D eigenvalue weighted by molar-refractivity contribution is -0.145. The Bertz CT molecular complexity index is 737. The van der Waals surface area contributed by atoms with Gasteiger partial charge in [-0.3, -0.25) is 14.4 Å². The van der Waals surface area contributed by atoms with Crippen LogP contribution in [0.15, 0.2) is 11.6 Å². The maximum absolute atomic E-state index is 13.3. The summed E-state index contributed by atoms with van der Waals surface area (Å²) in [7, 11) is 0. The molecule has 160 valence electrons. The van der Waals surface area contributed by atoms with E-state index in [1.807, 2.05) is 6.08 Å². The number of Topliss-reactive ketones (excluding diaryl/α,β-unsaturated/α-hetero) is 1. The Morgan fingerprint density at radius 1 is 1.14 bits per heavy atom. The molecule has 4 nitrogen and oxygen atoms in total. The van der Waals surface area contributed by atoms with Crippen LogP contribution in [-0.2, 0) is 19.1 Å². The predicted octanol–water partition coefficient (Wildman–Crippen LogP) is 5.05. The summed E-state index contributed by atoms with van der Waals surface area (Å²) in [5.74, 6) is 1.64. The Morgan fingerprint density at radius 2 is 1.93 bits per heavy atom. The van der Waals surface area contributed by atoms with Crippen LogP contribution in [-0.4, -0.2) is 24.1 Å². The Balaban J connectivity index is 1.59. The van der Waals surface area contributed by atoms with Gasteiger partial charge in [-0.1, -0.05) is 32.8 Å². The summed E-state index contributed by atoms with van der Waals surface area (Å²) < 4.78 is 5.17. The molecule has 0 aromatic rings. The third-order valence-electron chi connectivity index (χ3n) is 9.18. The van der Waals surface area contributed by atoms with E-state index in [9.17, 15) is 14.4 Å². The molecule has 0 radical (unpaired) electrons. The average Bonchev–Trinajstić information content (AvgIpc) is 3.09. The molecule has 4 heteroatoms. The van der Waals surface area contributed by atoms with Gasteiger partial charge >= 0.3 is 5.97 Å². The molecule has 3 saturated carbocycles. The van der Waals surface area contributed by atoms with Crippen LogP contribution >= 0.6 is 0 Å². The first kappa shape index (κ1) is 20.8. The second kappa shape index (κ2) is 7.67. The highest BCUT2D eigenvalue weighted by atomic mass is 16.5. The predicted molar refractivity (Wildman–Crippen MR) is 111 cm³/mol. The highest BCUT2D eigenvalue weighted by Gasteiger charge is 2.59. The van der Waals surface area contributed by atoms with E-state index < -0.39 is 0 Å². The third kappa shape index (κ3) is 3.41. The van der Waals surface area contributed by atoms with Crippen LogP contribution in [0, 0.1) is 34.5 Å². The van der Waals surface area contributed by atoms with Gasteiger partial charge in [0.25, 0.3) is 0 Å². The topological polar surface area (TPSA) is 60.4 Å². The van der Waals surface area contributed by atoms with Gasteiger partial charge in [0.1, 0.15) is 5.78 Å². The first-order chi connectivity index (χ1) is 13.8. The second-order valence-electron chi connectivity index (χ2n) is 10.5. The van der Waals surface area contributed by atoms with Crippen LogP contribution in [0.4, 0.5) is 0 Å². The van der Waals surface area contributed by atoms with Crippen LogP contribution in [0.2, 0.25) is 0 Å². The number of ketones is 2. The molecule has 4 aliphatic rings. The minimum atomic E-state index is -0.269. The number of allylic oxidation sites excluding steroid dienone is 1. The Hall–Kier alpha value is -1.45. The molecule has 0 aliphatic heterocycles. The summed E-state index contributed by atoms with van der Waals surface area (Å²) >= 11 is 0. The molecule has 0 saturated heterocycles. The first-order valence-electron chi connectivity index (χ1n) is 11.7. The molecule has 4 aliphatic carbocycles. The Kier molecular flexibility index (Phi) is 5.50. The number of carbonyl (C=O) groups is 3. The van der Waals surface area contributed by atoms with Crippen molar-refractivity contribution in [2.45, 2.75) is 85.0 Å². The molecule has 0 aromatic carbocycles. The highest BCUT2D eigenvalue weighted by Crippen LogP contribution is 2.66. The smallest absolute Gasteiger partial charge is 0.305 e. The van der Waals surface area contributed by atoms with Crippen molar-refractivity contribution in [1.29, 1.82) is 0 Å². The number of rotatable bonds is 5. The monoisotopic (exact) mass is 400 g/mol. The van der Waals surface area contributed by atoms with Gasteiger partial charge in [-0.25, -0.2) is 0 Å². The molecule has 0 bridgehead atoms. The van der Waals surface area contributed by atoms with E-state index in [-0.39, 0.29) is 41.9 Å². The maximum Gasteiger partial charge on any atom is 0.305 e. The van der Waals surface area contributed by atoms with Crippen LogP contribution in [0.1, 0.15) is 85.0 Å². The summed E-state index contributed by atoms with van der Waals surface area (Å²) in [6, 6.07) is 0. The normalized spacial score (nSPS) is 41.1. The fraction of sp³-hybridized carbons (Fsp3) is 0.800. The number of carbonyl (C=O) groups excluding carboxylic acids is 3. The van der Waals surface area contributed by atoms with Crippen molar-refractivity contribution in [2.24, 2.45) is 34.5 Å². The van der Waals surface area contributed by atoms with Crippen molar-refractivity contribution in [3.63, 3.8) is 0 Å². The number of hydrogen-bond acceptors (Lipinski definition) is 4. The van der Waals surface area contributed by atoms with Crippen molar-refractivity contribution >= 4 is 17.5 Å². The molecular formula is C25H36O4. The zero-order chi connectivity index (χ0) is 20.8. The molecule has 0 N–H and O–H groups in total. The van der Waals surface area contributed by atoms with E-state index in [4.69, 9.17) is 4.74 Å².